The summed E-state index contributed by atoms with van der Waals surface area (Å²) in [5.74, 6) is 0.0937. The lowest BCUT2D eigenvalue weighted by atomic mass is 9.97. The second-order valence-electron chi connectivity index (χ2n) is 2.58. The van der Waals surface area contributed by atoms with Gasteiger partial charge in [0.15, 0.2) is 0 Å². The average Bonchev–Trinajstić information content (AvgIpc) is 2.09. The van der Waals surface area contributed by atoms with Crippen molar-refractivity contribution in [3.8, 4) is 6.07 Å². The molecule has 1 aliphatic heterocycles. The maximum absolute atomic E-state index is 8.73. The summed E-state index contributed by atoms with van der Waals surface area (Å²) in [4.78, 5) is 0. The fourth-order valence-corrected chi connectivity index (χ4v) is 1.14. The highest BCUT2D eigenvalue weighted by Gasteiger charge is 2.15. The molecule has 2 heteroatoms. The van der Waals surface area contributed by atoms with Crippen molar-refractivity contribution in [2.24, 2.45) is 5.92 Å². The molecule has 1 N–H and O–H groups in total. The van der Waals surface area contributed by atoms with Gasteiger partial charge in [-0.2, -0.15) is 5.26 Å². The minimum atomic E-state index is 0.0937. The predicted octanol–water partition coefficient (Wildman–Crippen LogP) is 1.58. The van der Waals surface area contributed by atoms with Crippen molar-refractivity contribution >= 4 is 0 Å². The zero-order valence-electron chi connectivity index (χ0n) is 6.62. The third-order valence-electron chi connectivity index (χ3n) is 1.85. The van der Waals surface area contributed by atoms with E-state index in [-0.39, 0.29) is 12.0 Å². The van der Waals surface area contributed by atoms with Gasteiger partial charge in [0.1, 0.15) is 0 Å². The number of dihydropyridines is 1. The number of rotatable bonds is 2. The molecular weight excluding hydrogens is 136 g/mol. The monoisotopic (exact) mass is 148 g/mol. The van der Waals surface area contributed by atoms with E-state index in [1.54, 1.807) is 0 Å². The van der Waals surface area contributed by atoms with Crippen molar-refractivity contribution in [2.45, 2.75) is 19.4 Å². The van der Waals surface area contributed by atoms with E-state index in [1.165, 1.54) is 0 Å². The Labute approximate surface area is 67.2 Å². The summed E-state index contributed by atoms with van der Waals surface area (Å²) >= 11 is 0. The van der Waals surface area contributed by atoms with Crippen LogP contribution >= 0.6 is 0 Å². The van der Waals surface area contributed by atoms with Gasteiger partial charge < -0.3 is 5.32 Å². The van der Waals surface area contributed by atoms with Crippen LogP contribution in [0.15, 0.2) is 24.4 Å². The molecule has 1 aliphatic rings. The average molecular weight is 148 g/mol. The highest BCUT2D eigenvalue weighted by Crippen LogP contribution is 2.10. The van der Waals surface area contributed by atoms with Gasteiger partial charge in [-0.1, -0.05) is 19.1 Å². The molecule has 0 fully saturated rings. The largest absolute Gasteiger partial charge is 0.383 e. The second kappa shape index (κ2) is 3.82. The Hall–Kier alpha value is -1.23. The highest BCUT2D eigenvalue weighted by molar-refractivity contribution is 5.15. The van der Waals surface area contributed by atoms with Crippen LogP contribution in [-0.2, 0) is 0 Å². The molecule has 0 spiro atoms. The Kier molecular flexibility index (Phi) is 2.74. The molecule has 0 aliphatic carbocycles. The van der Waals surface area contributed by atoms with Gasteiger partial charge in [0.2, 0.25) is 0 Å². The standard InChI is InChI=1S/C9H12N2/c1-2-8(7-10)9-5-3-4-6-11-9/h3-6,8-9,11H,2H2,1H3. The Morgan fingerprint density at radius 1 is 1.64 bits per heavy atom. The van der Waals surface area contributed by atoms with Crippen LogP contribution < -0.4 is 5.32 Å². The lowest BCUT2D eigenvalue weighted by Gasteiger charge is -2.19. The lowest BCUT2D eigenvalue weighted by molar-refractivity contribution is 0.515. The maximum Gasteiger partial charge on any atom is 0.0698 e. The predicted molar refractivity (Wildman–Crippen MR) is 44.6 cm³/mol. The molecule has 0 aromatic carbocycles. The fraction of sp³-hybridized carbons (Fsp3) is 0.444. The molecule has 2 nitrogen and oxygen atoms in total. The minimum Gasteiger partial charge on any atom is -0.383 e. The molecule has 58 valence electrons. The van der Waals surface area contributed by atoms with Crippen LogP contribution in [0, 0.1) is 17.2 Å². The molecule has 0 aromatic rings. The van der Waals surface area contributed by atoms with Crippen molar-refractivity contribution in [1.29, 1.82) is 5.26 Å². The summed E-state index contributed by atoms with van der Waals surface area (Å²) in [7, 11) is 0. The Balaban J connectivity index is 2.54. The van der Waals surface area contributed by atoms with Crippen LogP contribution in [0.5, 0.6) is 0 Å². The first-order chi connectivity index (χ1) is 5.38. The molecule has 0 radical (unpaired) electrons. The Morgan fingerprint density at radius 3 is 2.91 bits per heavy atom. The van der Waals surface area contributed by atoms with Gasteiger partial charge >= 0.3 is 0 Å². The van der Waals surface area contributed by atoms with Crippen LogP contribution in [-0.4, -0.2) is 6.04 Å². The van der Waals surface area contributed by atoms with Gasteiger partial charge in [-0.05, 0) is 18.7 Å². The van der Waals surface area contributed by atoms with Crippen molar-refractivity contribution in [1.82, 2.24) is 5.32 Å². The van der Waals surface area contributed by atoms with Crippen LogP contribution in [0.1, 0.15) is 13.3 Å². The van der Waals surface area contributed by atoms with Crippen LogP contribution in [0.4, 0.5) is 0 Å². The fourth-order valence-electron chi connectivity index (χ4n) is 1.14. The quantitative estimate of drug-likeness (QED) is 0.645. The van der Waals surface area contributed by atoms with Crippen LogP contribution in [0.2, 0.25) is 0 Å². The zero-order valence-corrected chi connectivity index (χ0v) is 6.62. The molecule has 2 unspecified atom stereocenters. The summed E-state index contributed by atoms with van der Waals surface area (Å²) in [6.07, 6.45) is 8.70. The molecule has 1 rings (SSSR count). The van der Waals surface area contributed by atoms with Crippen molar-refractivity contribution in [3.05, 3.63) is 24.4 Å². The number of hydrogen-bond acceptors (Lipinski definition) is 2. The van der Waals surface area contributed by atoms with Gasteiger partial charge in [-0.15, -0.1) is 0 Å². The van der Waals surface area contributed by atoms with E-state index in [4.69, 9.17) is 5.26 Å². The van der Waals surface area contributed by atoms with E-state index < -0.39 is 0 Å². The molecule has 0 saturated heterocycles. The number of nitriles is 1. The highest BCUT2D eigenvalue weighted by atomic mass is 14.9. The Morgan fingerprint density at radius 2 is 2.45 bits per heavy atom. The molecule has 0 bridgehead atoms. The van der Waals surface area contributed by atoms with Crippen molar-refractivity contribution < 1.29 is 0 Å². The first-order valence-corrected chi connectivity index (χ1v) is 3.87. The number of nitrogens with zero attached hydrogens (tertiary/aromatic N) is 1. The molecule has 0 amide bonds. The molecule has 0 saturated carbocycles. The molecule has 2 atom stereocenters. The summed E-state index contributed by atoms with van der Waals surface area (Å²) in [5, 5.41) is 11.9. The van der Waals surface area contributed by atoms with Gasteiger partial charge in [0.25, 0.3) is 0 Å². The molecular formula is C9H12N2. The number of hydrogen-bond donors (Lipinski definition) is 1. The van der Waals surface area contributed by atoms with E-state index in [0.717, 1.165) is 6.42 Å². The third kappa shape index (κ3) is 1.84. The van der Waals surface area contributed by atoms with E-state index in [2.05, 4.69) is 11.4 Å². The SMILES string of the molecule is CCC(C#N)C1C=CC=CN1. The third-order valence-corrected chi connectivity index (χ3v) is 1.85. The van der Waals surface area contributed by atoms with E-state index in [0.29, 0.717) is 0 Å². The number of nitrogens with one attached hydrogen (secondary N) is 1. The number of allylic oxidation sites excluding steroid dienone is 2. The lowest BCUT2D eigenvalue weighted by Crippen LogP contribution is -2.30. The van der Waals surface area contributed by atoms with E-state index in [9.17, 15) is 0 Å². The van der Waals surface area contributed by atoms with Crippen LogP contribution in [0.3, 0.4) is 0 Å². The second-order valence-corrected chi connectivity index (χ2v) is 2.58. The van der Waals surface area contributed by atoms with E-state index in [1.807, 2.05) is 31.4 Å². The summed E-state index contributed by atoms with van der Waals surface area (Å²) in [5.41, 5.74) is 0. The smallest absolute Gasteiger partial charge is 0.0698 e. The summed E-state index contributed by atoms with van der Waals surface area (Å²) < 4.78 is 0. The van der Waals surface area contributed by atoms with Crippen molar-refractivity contribution in [2.75, 3.05) is 0 Å². The Bertz CT molecular complexity index is 210. The minimum absolute atomic E-state index is 0.0937. The topological polar surface area (TPSA) is 35.8 Å². The molecule has 1 heterocycles. The summed E-state index contributed by atoms with van der Waals surface area (Å²) in [6.45, 7) is 2.03. The van der Waals surface area contributed by atoms with Gasteiger partial charge in [-0.3, -0.25) is 0 Å². The summed E-state index contributed by atoms with van der Waals surface area (Å²) in [6, 6.07) is 2.48. The van der Waals surface area contributed by atoms with Crippen molar-refractivity contribution in [3.63, 3.8) is 0 Å². The molecule has 11 heavy (non-hydrogen) atoms. The first kappa shape index (κ1) is 7.87. The maximum atomic E-state index is 8.73. The molecule has 0 aromatic heterocycles. The van der Waals surface area contributed by atoms with Gasteiger partial charge in [-0.25, -0.2) is 0 Å². The van der Waals surface area contributed by atoms with Gasteiger partial charge in [0.05, 0.1) is 18.0 Å². The normalized spacial score (nSPS) is 23.8. The van der Waals surface area contributed by atoms with Gasteiger partial charge in [0, 0.05) is 0 Å². The first-order valence-electron chi connectivity index (χ1n) is 3.87. The van der Waals surface area contributed by atoms with Crippen LogP contribution in [0.25, 0.3) is 0 Å². The van der Waals surface area contributed by atoms with E-state index >= 15 is 0 Å². The zero-order chi connectivity index (χ0) is 8.10.